The van der Waals surface area contributed by atoms with E-state index >= 15 is 0 Å². The van der Waals surface area contributed by atoms with Gasteiger partial charge in [0.2, 0.25) is 0 Å². The van der Waals surface area contributed by atoms with Crippen molar-refractivity contribution in [3.05, 3.63) is 0 Å². The van der Waals surface area contributed by atoms with Gasteiger partial charge < -0.3 is 4.74 Å². The number of ether oxygens (including phenoxy) is 1. The van der Waals surface area contributed by atoms with E-state index in [2.05, 4.69) is 4.74 Å². The smallest absolute Gasteiger partial charge is 0.434 e. The van der Waals surface area contributed by atoms with Gasteiger partial charge in [0.25, 0.3) is 6.10 Å². The summed E-state index contributed by atoms with van der Waals surface area (Å²) in [6, 6.07) is 0. The van der Waals surface area contributed by atoms with Crippen LogP contribution in [0.1, 0.15) is 0 Å². The molecule has 2 nitrogen and oxygen atoms in total. The second-order valence-electron chi connectivity index (χ2n) is 1.82. The number of hydrogen-bond donors (Lipinski definition) is 0. The van der Waals surface area contributed by atoms with Crippen molar-refractivity contribution in [1.82, 2.24) is 0 Å². The van der Waals surface area contributed by atoms with Gasteiger partial charge in [-0.1, -0.05) is 0 Å². The molecule has 0 radical (unpaired) electrons. The van der Waals surface area contributed by atoms with E-state index in [0.717, 1.165) is 0 Å². The second kappa shape index (κ2) is 3.88. The summed E-state index contributed by atoms with van der Waals surface area (Å²) in [4.78, 5) is 9.91. The van der Waals surface area contributed by atoms with E-state index in [1.54, 1.807) is 0 Å². The van der Waals surface area contributed by atoms with E-state index in [1.165, 1.54) is 0 Å². The Bertz CT molecular complexity index is 182. The summed E-state index contributed by atoms with van der Waals surface area (Å²) >= 11 is 0.677. The molecule has 0 bridgehead atoms. The molecule has 9 heteroatoms. The Kier molecular flexibility index (Phi) is 3.82. The van der Waals surface area contributed by atoms with Crippen molar-refractivity contribution < 1.29 is 35.9 Å². The molecule has 0 aromatic carbocycles. The van der Waals surface area contributed by atoms with E-state index < -0.39 is 22.4 Å². The topological polar surface area (TPSA) is 26.3 Å². The van der Waals surface area contributed by atoms with Gasteiger partial charge in [-0.3, -0.25) is 0 Å². The molecule has 78 valence electrons. The van der Waals surface area contributed by atoms with Crippen LogP contribution < -0.4 is 0 Å². The molecule has 0 N–H and O–H groups in total. The third kappa shape index (κ3) is 4.52. The van der Waals surface area contributed by atoms with E-state index in [0.29, 0.717) is 22.6 Å². The Hall–Kier alpha value is -0.220. The normalized spacial score (nSPS) is 13.2. The fourth-order valence-electron chi connectivity index (χ4n) is 0.412. The Balaban J connectivity index is 4.68. The third-order valence-corrected chi connectivity index (χ3v) is 1.06. The lowest BCUT2D eigenvalue weighted by atomic mass is 10.3. The van der Waals surface area contributed by atoms with Crippen LogP contribution in [-0.2, 0) is 4.74 Å². The fourth-order valence-corrected chi connectivity index (χ4v) is 0.666. The van der Waals surface area contributed by atoms with Crippen LogP contribution in [0.5, 0.6) is 0 Å². The molecule has 0 aromatic rings. The Morgan fingerprint density at radius 1 is 1.08 bits per heavy atom. The van der Waals surface area contributed by atoms with Crippen molar-refractivity contribution in [1.29, 1.82) is 0 Å². The minimum Gasteiger partial charge on any atom is -0.435 e. The van der Waals surface area contributed by atoms with Crippen molar-refractivity contribution in [3.63, 3.8) is 0 Å². The molecule has 0 fully saturated rings. The highest BCUT2D eigenvalue weighted by Crippen LogP contribution is 2.36. The van der Waals surface area contributed by atoms with Gasteiger partial charge in [-0.05, 0) is 0 Å². The zero-order valence-corrected chi connectivity index (χ0v) is 7.70. The lowest BCUT2D eigenvalue weighted by Gasteiger charge is -2.21. The lowest BCUT2D eigenvalue weighted by Crippen LogP contribution is -2.44. The average Bonchev–Trinajstić information content (AvgIpc) is 1.77. The monoisotopic (exact) mass is 322 g/mol. The van der Waals surface area contributed by atoms with Gasteiger partial charge in [-0.25, -0.2) is 4.79 Å². The quantitative estimate of drug-likeness (QED) is 0.421. The standard InChI is InChI=1S/C4HF6IO2/c5-3(6,7)1(4(8,9)10)13-2(11)12/h1H. The first-order valence-electron chi connectivity index (χ1n) is 2.54. The van der Waals surface area contributed by atoms with Gasteiger partial charge >= 0.3 is 16.3 Å². The SMILES string of the molecule is O=C(I)OC(C(F)(F)F)C(F)(F)F. The van der Waals surface area contributed by atoms with Crippen LogP contribution in [0.25, 0.3) is 0 Å². The van der Waals surface area contributed by atoms with Gasteiger partial charge in [-0.15, -0.1) is 0 Å². The van der Waals surface area contributed by atoms with Crippen molar-refractivity contribution >= 4 is 26.6 Å². The fraction of sp³-hybridized carbons (Fsp3) is 0.750. The van der Waals surface area contributed by atoms with Gasteiger partial charge in [0, 0.05) is 0 Å². The summed E-state index contributed by atoms with van der Waals surface area (Å²) in [5.74, 6) is 0. The van der Waals surface area contributed by atoms with E-state index in [4.69, 9.17) is 0 Å². The molecular formula is C4HF6IO2. The highest BCUT2D eigenvalue weighted by atomic mass is 127. The molecular weight excluding hydrogens is 321 g/mol. The molecule has 0 saturated heterocycles. The highest BCUT2D eigenvalue weighted by Gasteiger charge is 2.59. The molecule has 0 atom stereocenters. The third-order valence-electron chi connectivity index (χ3n) is 0.805. The molecule has 0 unspecified atom stereocenters. The number of carbonyl (C=O) groups is 1. The largest absolute Gasteiger partial charge is 0.435 e. The number of carbonyl (C=O) groups excluding carboxylic acids is 1. The maximum atomic E-state index is 11.6. The maximum absolute atomic E-state index is 11.6. The van der Waals surface area contributed by atoms with Gasteiger partial charge in [0.15, 0.2) is 0 Å². The van der Waals surface area contributed by atoms with E-state index in [9.17, 15) is 31.1 Å². The lowest BCUT2D eigenvalue weighted by molar-refractivity contribution is -0.304. The van der Waals surface area contributed by atoms with Crippen LogP contribution in [0.4, 0.5) is 31.1 Å². The Morgan fingerprint density at radius 3 is 1.46 bits per heavy atom. The maximum Gasteiger partial charge on any atom is 0.434 e. The Labute approximate surface area is 81.4 Å². The Morgan fingerprint density at radius 2 is 1.38 bits per heavy atom. The summed E-state index contributed by atoms with van der Waals surface area (Å²) in [6.07, 6.45) is -15.3. The van der Waals surface area contributed by atoms with Crippen LogP contribution in [0.15, 0.2) is 0 Å². The zero-order chi connectivity index (χ0) is 10.9. The summed E-state index contributed by atoms with van der Waals surface area (Å²) in [5, 5.41) is 0. The molecule has 0 spiro atoms. The highest BCUT2D eigenvalue weighted by molar-refractivity contribution is 14.1. The van der Waals surface area contributed by atoms with Crippen LogP contribution in [0.3, 0.4) is 0 Å². The van der Waals surface area contributed by atoms with Crippen molar-refractivity contribution in [3.8, 4) is 0 Å². The predicted molar refractivity (Wildman–Crippen MR) is 36.4 cm³/mol. The first-order valence-corrected chi connectivity index (χ1v) is 3.62. The van der Waals surface area contributed by atoms with Crippen LogP contribution >= 0.6 is 22.6 Å². The van der Waals surface area contributed by atoms with Gasteiger partial charge in [-0.2, -0.15) is 26.3 Å². The number of hydrogen-bond acceptors (Lipinski definition) is 2. The number of halogens is 7. The first-order chi connectivity index (χ1) is 5.55. The van der Waals surface area contributed by atoms with Gasteiger partial charge in [0.1, 0.15) is 0 Å². The minimum atomic E-state index is -5.64. The molecule has 13 heavy (non-hydrogen) atoms. The summed E-state index contributed by atoms with van der Waals surface area (Å²) in [6.45, 7) is 0. The summed E-state index contributed by atoms with van der Waals surface area (Å²) in [5.41, 5.74) is 0. The molecule has 0 heterocycles. The molecule has 0 aliphatic rings. The number of alkyl halides is 6. The zero-order valence-electron chi connectivity index (χ0n) is 5.54. The van der Waals surface area contributed by atoms with E-state index in [-0.39, 0.29) is 0 Å². The summed E-state index contributed by atoms with van der Waals surface area (Å²) < 4.78 is 70.9. The van der Waals surface area contributed by atoms with Crippen LogP contribution in [0, 0.1) is 0 Å². The molecule has 0 aliphatic heterocycles. The average molecular weight is 322 g/mol. The molecule has 0 aliphatic carbocycles. The van der Waals surface area contributed by atoms with E-state index in [1.807, 2.05) is 0 Å². The number of rotatable bonds is 1. The molecule has 0 rings (SSSR count). The van der Waals surface area contributed by atoms with Crippen LogP contribution in [-0.4, -0.2) is 22.4 Å². The molecule has 0 amide bonds. The second-order valence-corrected chi connectivity index (χ2v) is 2.70. The van der Waals surface area contributed by atoms with Gasteiger partial charge in [0.05, 0.1) is 22.6 Å². The van der Waals surface area contributed by atoms with Crippen molar-refractivity contribution in [2.75, 3.05) is 0 Å². The predicted octanol–water partition coefficient (Wildman–Crippen LogP) is 3.05. The minimum absolute atomic E-state index is 0.677. The molecule has 0 aromatic heterocycles. The van der Waals surface area contributed by atoms with Crippen LogP contribution in [0.2, 0.25) is 0 Å². The van der Waals surface area contributed by atoms with Crippen molar-refractivity contribution in [2.24, 2.45) is 0 Å². The molecule has 0 saturated carbocycles. The first kappa shape index (κ1) is 12.8. The van der Waals surface area contributed by atoms with Crippen molar-refractivity contribution in [2.45, 2.75) is 18.5 Å². The summed E-state index contributed by atoms with van der Waals surface area (Å²) in [7, 11) is 0.